The van der Waals surface area contributed by atoms with Crippen molar-refractivity contribution in [3.63, 3.8) is 0 Å². The van der Waals surface area contributed by atoms with Crippen molar-refractivity contribution in [3.05, 3.63) is 11.6 Å². The third-order valence-electron chi connectivity index (χ3n) is 3.00. The van der Waals surface area contributed by atoms with E-state index in [0.29, 0.717) is 6.61 Å². The molecule has 0 heterocycles. The minimum absolute atomic E-state index is 0.0835. The molecule has 0 radical (unpaired) electrons. The molecule has 0 bridgehead atoms. The van der Waals surface area contributed by atoms with E-state index in [-0.39, 0.29) is 11.6 Å². The average Bonchev–Trinajstić information content (AvgIpc) is 2.12. The first-order valence-electron chi connectivity index (χ1n) is 6.57. The number of nitrogens with two attached hydrogens (primary N) is 1. The van der Waals surface area contributed by atoms with Gasteiger partial charge in [-0.25, -0.2) is 0 Å². The zero-order chi connectivity index (χ0) is 12.0. The van der Waals surface area contributed by atoms with E-state index < -0.39 is 0 Å². The maximum absolute atomic E-state index is 6.18. The van der Waals surface area contributed by atoms with Crippen LogP contribution in [-0.2, 0) is 4.74 Å². The summed E-state index contributed by atoms with van der Waals surface area (Å²) in [4.78, 5) is 0. The molecule has 2 nitrogen and oxygen atoms in total. The maximum atomic E-state index is 6.18. The van der Waals surface area contributed by atoms with Crippen LogP contribution < -0.4 is 5.73 Å². The highest BCUT2D eigenvalue weighted by molar-refractivity contribution is 5.10. The predicted octanol–water partition coefficient (Wildman–Crippen LogP) is 3.41. The van der Waals surface area contributed by atoms with Crippen LogP contribution in [0.15, 0.2) is 11.6 Å². The molecule has 0 fully saturated rings. The molecule has 1 aliphatic rings. The van der Waals surface area contributed by atoms with Gasteiger partial charge in [0.15, 0.2) is 0 Å². The Hall–Kier alpha value is -0.340. The second-order valence-electron chi connectivity index (χ2n) is 5.76. The zero-order valence-electron chi connectivity index (χ0n) is 11.1. The highest BCUT2D eigenvalue weighted by Crippen LogP contribution is 2.19. The Morgan fingerprint density at radius 3 is 2.62 bits per heavy atom. The fraction of sp³-hybridized carbons (Fsp3) is 0.857. The lowest BCUT2D eigenvalue weighted by atomic mass is 9.95. The van der Waals surface area contributed by atoms with E-state index in [0.717, 1.165) is 6.42 Å². The van der Waals surface area contributed by atoms with Crippen molar-refractivity contribution in [2.24, 2.45) is 5.73 Å². The van der Waals surface area contributed by atoms with E-state index in [2.05, 4.69) is 26.8 Å². The van der Waals surface area contributed by atoms with Crippen LogP contribution in [0.2, 0.25) is 0 Å². The second kappa shape index (κ2) is 6.41. The van der Waals surface area contributed by atoms with E-state index in [9.17, 15) is 0 Å². The Labute approximate surface area is 100 Å². The van der Waals surface area contributed by atoms with Gasteiger partial charge in [0.1, 0.15) is 0 Å². The molecule has 2 heteroatoms. The van der Waals surface area contributed by atoms with Gasteiger partial charge in [-0.2, -0.15) is 0 Å². The predicted molar refractivity (Wildman–Crippen MR) is 69.5 cm³/mol. The summed E-state index contributed by atoms with van der Waals surface area (Å²) in [5.41, 5.74) is 7.51. The summed E-state index contributed by atoms with van der Waals surface area (Å²) in [6, 6.07) is 0.0947. The van der Waals surface area contributed by atoms with Crippen LogP contribution in [0.3, 0.4) is 0 Å². The molecule has 16 heavy (non-hydrogen) atoms. The first kappa shape index (κ1) is 13.7. The van der Waals surface area contributed by atoms with Crippen molar-refractivity contribution in [3.8, 4) is 0 Å². The SMILES string of the molecule is CC(C)(C)OCC(N)C1=CCCCCCC1. The molecule has 1 aliphatic carbocycles. The Kier molecular flexibility index (Phi) is 5.50. The van der Waals surface area contributed by atoms with E-state index in [4.69, 9.17) is 10.5 Å². The number of hydrogen-bond acceptors (Lipinski definition) is 2. The minimum Gasteiger partial charge on any atom is -0.374 e. The van der Waals surface area contributed by atoms with Crippen LogP contribution >= 0.6 is 0 Å². The van der Waals surface area contributed by atoms with Crippen molar-refractivity contribution in [1.82, 2.24) is 0 Å². The molecule has 94 valence electrons. The summed E-state index contributed by atoms with van der Waals surface area (Å²) in [6.45, 7) is 6.88. The summed E-state index contributed by atoms with van der Waals surface area (Å²) >= 11 is 0. The molecule has 0 aromatic heterocycles. The lowest BCUT2D eigenvalue weighted by Crippen LogP contribution is -2.33. The molecule has 0 saturated heterocycles. The van der Waals surface area contributed by atoms with Crippen molar-refractivity contribution >= 4 is 0 Å². The molecule has 1 atom stereocenters. The molecule has 0 spiro atoms. The van der Waals surface area contributed by atoms with Gasteiger partial charge in [0.05, 0.1) is 12.2 Å². The van der Waals surface area contributed by atoms with E-state index in [1.54, 1.807) is 0 Å². The molecule has 0 aromatic rings. The van der Waals surface area contributed by atoms with Crippen LogP contribution in [0.5, 0.6) is 0 Å². The van der Waals surface area contributed by atoms with Crippen LogP contribution in [0.25, 0.3) is 0 Å². The van der Waals surface area contributed by atoms with Gasteiger partial charge in [0.2, 0.25) is 0 Å². The topological polar surface area (TPSA) is 35.2 Å². The summed E-state index contributed by atoms with van der Waals surface area (Å²) in [5.74, 6) is 0. The first-order chi connectivity index (χ1) is 7.49. The summed E-state index contributed by atoms with van der Waals surface area (Å²) in [7, 11) is 0. The van der Waals surface area contributed by atoms with Gasteiger partial charge in [0.25, 0.3) is 0 Å². The molecule has 0 aliphatic heterocycles. The largest absolute Gasteiger partial charge is 0.374 e. The van der Waals surface area contributed by atoms with Crippen LogP contribution in [0, 0.1) is 0 Å². The smallest absolute Gasteiger partial charge is 0.0663 e. The standard InChI is InChI=1S/C14H27NO/c1-14(2,3)16-11-13(15)12-9-7-5-4-6-8-10-12/h9,13H,4-8,10-11,15H2,1-3H3. The van der Waals surface area contributed by atoms with Crippen molar-refractivity contribution in [1.29, 1.82) is 0 Å². The zero-order valence-corrected chi connectivity index (χ0v) is 11.1. The molecule has 0 saturated carbocycles. The summed E-state index contributed by atoms with van der Waals surface area (Å²) < 4.78 is 5.75. The number of ether oxygens (including phenoxy) is 1. The Morgan fingerprint density at radius 2 is 1.94 bits per heavy atom. The molecule has 2 N–H and O–H groups in total. The number of rotatable bonds is 3. The van der Waals surface area contributed by atoms with Crippen LogP contribution in [0.1, 0.15) is 59.3 Å². The second-order valence-corrected chi connectivity index (χ2v) is 5.76. The fourth-order valence-corrected chi connectivity index (χ4v) is 2.00. The van der Waals surface area contributed by atoms with Crippen molar-refractivity contribution in [2.45, 2.75) is 70.9 Å². The van der Waals surface area contributed by atoms with Crippen LogP contribution in [0.4, 0.5) is 0 Å². The Balaban J connectivity index is 2.41. The van der Waals surface area contributed by atoms with Gasteiger partial charge in [-0.05, 0) is 46.5 Å². The molecular weight excluding hydrogens is 198 g/mol. The minimum atomic E-state index is -0.0835. The lowest BCUT2D eigenvalue weighted by molar-refractivity contribution is -0.00656. The molecule has 0 amide bonds. The number of hydrogen-bond donors (Lipinski definition) is 1. The maximum Gasteiger partial charge on any atom is 0.0663 e. The van der Waals surface area contributed by atoms with E-state index in [1.165, 1.54) is 37.7 Å². The van der Waals surface area contributed by atoms with Gasteiger partial charge in [-0.1, -0.05) is 24.5 Å². The quantitative estimate of drug-likeness (QED) is 0.747. The van der Waals surface area contributed by atoms with Gasteiger partial charge in [-0.3, -0.25) is 0 Å². The molecule has 1 rings (SSSR count). The first-order valence-corrected chi connectivity index (χ1v) is 6.57. The summed E-state index contributed by atoms with van der Waals surface area (Å²) in [5, 5.41) is 0. The average molecular weight is 225 g/mol. The summed E-state index contributed by atoms with van der Waals surface area (Å²) in [6.07, 6.45) is 10.0. The van der Waals surface area contributed by atoms with Crippen LogP contribution in [-0.4, -0.2) is 18.2 Å². The Morgan fingerprint density at radius 1 is 1.25 bits per heavy atom. The highest BCUT2D eigenvalue weighted by atomic mass is 16.5. The normalized spacial score (nSPS) is 20.9. The fourth-order valence-electron chi connectivity index (χ4n) is 2.00. The molecule has 0 aromatic carbocycles. The van der Waals surface area contributed by atoms with Crippen molar-refractivity contribution < 1.29 is 4.74 Å². The van der Waals surface area contributed by atoms with Gasteiger partial charge in [0, 0.05) is 6.04 Å². The van der Waals surface area contributed by atoms with E-state index >= 15 is 0 Å². The molecule has 1 unspecified atom stereocenters. The third-order valence-corrected chi connectivity index (χ3v) is 3.00. The Bertz CT molecular complexity index is 227. The van der Waals surface area contributed by atoms with Gasteiger partial charge < -0.3 is 10.5 Å². The number of allylic oxidation sites excluding steroid dienone is 1. The monoisotopic (exact) mass is 225 g/mol. The lowest BCUT2D eigenvalue weighted by Gasteiger charge is -2.24. The van der Waals surface area contributed by atoms with Gasteiger partial charge in [-0.15, -0.1) is 0 Å². The van der Waals surface area contributed by atoms with Gasteiger partial charge >= 0.3 is 0 Å². The van der Waals surface area contributed by atoms with Crippen molar-refractivity contribution in [2.75, 3.05) is 6.61 Å². The highest BCUT2D eigenvalue weighted by Gasteiger charge is 2.15. The van der Waals surface area contributed by atoms with E-state index in [1.807, 2.05) is 0 Å². The third kappa shape index (κ3) is 5.66. The molecular formula is C14H27NO.